The molecule has 0 radical (unpaired) electrons. The Morgan fingerprint density at radius 2 is 1.89 bits per heavy atom. The molecule has 0 aliphatic rings. The van der Waals surface area contributed by atoms with Gasteiger partial charge in [-0.15, -0.1) is 0 Å². The van der Waals surface area contributed by atoms with Crippen molar-refractivity contribution in [1.82, 2.24) is 4.40 Å². The second kappa shape index (κ2) is 4.27. The second-order valence-electron chi connectivity index (χ2n) is 4.15. The average Bonchev–Trinajstić information content (AvgIpc) is 2.82. The van der Waals surface area contributed by atoms with Crippen LogP contribution >= 0.6 is 0 Å². The van der Waals surface area contributed by atoms with Crippen LogP contribution in [-0.4, -0.2) is 9.61 Å². The highest BCUT2D eigenvalue weighted by atomic mass is 16.8. The number of pyridine rings is 1. The molecule has 3 aromatic rings. The first kappa shape index (κ1) is 11.0. The molecule has 4 nitrogen and oxygen atoms in total. The quantitative estimate of drug-likeness (QED) is 0.673. The minimum absolute atomic E-state index is 0.308. The minimum atomic E-state index is -0.902. The number of fused-ring (bicyclic) bond motifs is 1. The van der Waals surface area contributed by atoms with E-state index in [1.165, 1.54) is 0 Å². The van der Waals surface area contributed by atoms with E-state index in [1.54, 1.807) is 18.2 Å². The number of nitrogens with one attached hydrogen (secondary N) is 1. The maximum atomic E-state index is 11.0. The summed E-state index contributed by atoms with van der Waals surface area (Å²) < 4.78 is 2.02. The third-order valence-electron chi connectivity index (χ3n) is 2.95. The lowest BCUT2D eigenvalue weighted by molar-refractivity contribution is -0.991. The molecule has 90 valence electrons. The topological polar surface area (TPSA) is 52.1 Å². The zero-order chi connectivity index (χ0) is 12.5. The van der Waals surface area contributed by atoms with Gasteiger partial charge in [-0.3, -0.25) is 0 Å². The maximum Gasteiger partial charge on any atom is 0.164 e. The van der Waals surface area contributed by atoms with E-state index in [9.17, 15) is 5.21 Å². The lowest BCUT2D eigenvalue weighted by Gasteiger charge is -2.11. The van der Waals surface area contributed by atoms with E-state index in [2.05, 4.69) is 0 Å². The molecule has 0 fully saturated rings. The van der Waals surface area contributed by atoms with Crippen LogP contribution < -0.4 is 5.23 Å². The van der Waals surface area contributed by atoms with Gasteiger partial charge in [0.2, 0.25) is 0 Å². The van der Waals surface area contributed by atoms with Crippen molar-refractivity contribution in [2.24, 2.45) is 0 Å². The van der Waals surface area contributed by atoms with E-state index in [4.69, 9.17) is 5.21 Å². The van der Waals surface area contributed by atoms with Crippen molar-refractivity contribution in [1.29, 1.82) is 0 Å². The van der Waals surface area contributed by atoms with Gasteiger partial charge in [0.25, 0.3) is 0 Å². The Kier molecular flexibility index (Phi) is 2.60. The van der Waals surface area contributed by atoms with Crippen LogP contribution in [0.4, 0.5) is 5.69 Å². The monoisotopic (exact) mass is 240 g/mol. The predicted octanol–water partition coefficient (Wildman–Crippen LogP) is 2.01. The first-order chi connectivity index (χ1) is 8.74. The largest absolute Gasteiger partial charge is 0.595 e. The third kappa shape index (κ3) is 1.89. The van der Waals surface area contributed by atoms with Crippen LogP contribution in [0, 0.1) is 5.21 Å². The van der Waals surface area contributed by atoms with Crippen LogP contribution in [0.5, 0.6) is 0 Å². The van der Waals surface area contributed by atoms with Gasteiger partial charge in [0, 0.05) is 35.6 Å². The van der Waals surface area contributed by atoms with Gasteiger partial charge in [0.15, 0.2) is 5.69 Å². The fourth-order valence-corrected chi connectivity index (χ4v) is 2.04. The number of hydrogen-bond acceptors (Lipinski definition) is 2. The lowest BCUT2D eigenvalue weighted by atomic mass is 10.1. The molecule has 2 N–H and O–H groups in total. The summed E-state index contributed by atoms with van der Waals surface area (Å²) in [4.78, 5) is 0. The van der Waals surface area contributed by atoms with Crippen molar-refractivity contribution in [3.05, 3.63) is 66.1 Å². The first-order valence-corrected chi connectivity index (χ1v) is 5.64. The van der Waals surface area contributed by atoms with Crippen molar-refractivity contribution >= 4 is 11.2 Å². The lowest BCUT2D eigenvalue weighted by Crippen LogP contribution is -2.99. The Bertz CT molecular complexity index is 656. The molecule has 4 heteroatoms. The normalized spacial score (nSPS) is 12.8. The van der Waals surface area contributed by atoms with E-state index in [0.717, 1.165) is 16.6 Å². The van der Waals surface area contributed by atoms with E-state index in [-0.39, 0.29) is 0 Å². The highest BCUT2D eigenvalue weighted by Crippen LogP contribution is 2.23. The van der Waals surface area contributed by atoms with Crippen molar-refractivity contribution in [3.8, 4) is 11.1 Å². The Morgan fingerprint density at radius 3 is 2.67 bits per heavy atom. The Morgan fingerprint density at radius 1 is 1.00 bits per heavy atom. The van der Waals surface area contributed by atoms with Crippen LogP contribution in [0.3, 0.4) is 0 Å². The number of nitrogens with zero attached hydrogens (tertiary/aromatic N) is 1. The van der Waals surface area contributed by atoms with Crippen molar-refractivity contribution < 1.29 is 10.4 Å². The molecule has 18 heavy (non-hydrogen) atoms. The fourth-order valence-electron chi connectivity index (χ4n) is 2.04. The molecule has 0 aliphatic heterocycles. The molecular weight excluding hydrogens is 228 g/mol. The van der Waals surface area contributed by atoms with E-state index in [1.807, 2.05) is 47.1 Å². The molecule has 1 aromatic carbocycles. The summed E-state index contributed by atoms with van der Waals surface area (Å²) in [5.41, 5.74) is 3.33. The van der Waals surface area contributed by atoms with Crippen LogP contribution in [0.2, 0.25) is 0 Å². The summed E-state index contributed by atoms with van der Waals surface area (Å²) in [6.07, 6.45) is 3.97. The van der Waals surface area contributed by atoms with Crippen molar-refractivity contribution in [3.63, 3.8) is 0 Å². The number of rotatable bonds is 2. The van der Waals surface area contributed by atoms with Crippen molar-refractivity contribution in [2.75, 3.05) is 0 Å². The van der Waals surface area contributed by atoms with Crippen LogP contribution in [0.15, 0.2) is 60.9 Å². The van der Waals surface area contributed by atoms with E-state index < -0.39 is 5.23 Å². The van der Waals surface area contributed by atoms with Crippen molar-refractivity contribution in [2.45, 2.75) is 0 Å². The summed E-state index contributed by atoms with van der Waals surface area (Å²) in [6.45, 7) is 0. The van der Waals surface area contributed by atoms with Crippen LogP contribution in [0.25, 0.3) is 16.6 Å². The van der Waals surface area contributed by atoms with Gasteiger partial charge in [0.05, 0.1) is 0 Å². The zero-order valence-electron chi connectivity index (χ0n) is 9.58. The molecular formula is C14H12N2O2. The summed E-state index contributed by atoms with van der Waals surface area (Å²) in [7, 11) is 0. The summed E-state index contributed by atoms with van der Waals surface area (Å²) in [6, 6.07) is 15.0. The smallest absolute Gasteiger partial charge is 0.164 e. The fraction of sp³-hybridized carbons (Fsp3) is 0. The molecule has 2 aromatic heterocycles. The van der Waals surface area contributed by atoms with E-state index in [0.29, 0.717) is 5.69 Å². The maximum absolute atomic E-state index is 11.0. The Hall–Kier alpha value is -2.14. The third-order valence-corrected chi connectivity index (χ3v) is 2.95. The van der Waals surface area contributed by atoms with Gasteiger partial charge in [-0.05, 0) is 23.8 Å². The summed E-state index contributed by atoms with van der Waals surface area (Å²) >= 11 is 0. The highest BCUT2D eigenvalue weighted by Gasteiger charge is 2.05. The standard InChI is InChI=1S/C14H12N2O2/c17-16(18)14-6-3-4-11(8-14)12-9-13-5-1-2-7-15(13)10-12/h1-10,16-17H. The highest BCUT2D eigenvalue weighted by molar-refractivity contribution is 5.71. The number of aromatic nitrogens is 1. The van der Waals surface area contributed by atoms with Gasteiger partial charge >= 0.3 is 0 Å². The average molecular weight is 240 g/mol. The van der Waals surface area contributed by atoms with Crippen LogP contribution in [-0.2, 0) is 0 Å². The summed E-state index contributed by atoms with van der Waals surface area (Å²) in [5.74, 6) is 0. The Balaban J connectivity index is 2.11. The number of quaternary nitrogens is 1. The van der Waals surface area contributed by atoms with Gasteiger partial charge in [-0.2, -0.15) is 5.23 Å². The first-order valence-electron chi connectivity index (χ1n) is 5.64. The molecule has 0 saturated carbocycles. The second-order valence-corrected chi connectivity index (χ2v) is 4.15. The van der Waals surface area contributed by atoms with Gasteiger partial charge in [-0.25, -0.2) is 5.21 Å². The number of hydrogen-bond donors (Lipinski definition) is 2. The van der Waals surface area contributed by atoms with Gasteiger partial charge in [-0.1, -0.05) is 18.2 Å². The molecule has 0 saturated heterocycles. The van der Waals surface area contributed by atoms with Gasteiger partial charge in [0.1, 0.15) is 0 Å². The molecule has 0 aliphatic carbocycles. The van der Waals surface area contributed by atoms with E-state index >= 15 is 0 Å². The zero-order valence-corrected chi connectivity index (χ0v) is 9.58. The molecule has 1 atom stereocenters. The molecule has 0 amide bonds. The van der Waals surface area contributed by atoms with Gasteiger partial charge < -0.3 is 9.61 Å². The Labute approximate surface area is 104 Å². The number of benzene rings is 1. The minimum Gasteiger partial charge on any atom is -0.595 e. The SMILES string of the molecule is [O-][NH+](O)c1cccc(-c2cc3ccccn3c2)c1. The molecule has 0 spiro atoms. The molecule has 0 bridgehead atoms. The predicted molar refractivity (Wildman–Crippen MR) is 68.6 cm³/mol. The molecule has 1 unspecified atom stereocenters. The molecule has 2 heterocycles. The van der Waals surface area contributed by atoms with Crippen LogP contribution in [0.1, 0.15) is 0 Å². The summed E-state index contributed by atoms with van der Waals surface area (Å²) in [5, 5.41) is 19.0. The molecule has 3 rings (SSSR count).